The zero-order valence-electron chi connectivity index (χ0n) is 16.3. The maximum absolute atomic E-state index is 8.70. The first-order valence-electron chi connectivity index (χ1n) is 9.53. The molecule has 0 unspecified atom stereocenters. The normalized spacial score (nSPS) is 18.0. The SMILES string of the molecule is [2H]/C(=C\CCCC)CCC([2H])([2H])C([2H])([2H])CCCCCCO. The van der Waals surface area contributed by atoms with Gasteiger partial charge < -0.3 is 5.11 Å². The van der Waals surface area contributed by atoms with Crippen LogP contribution in [0, 0.1) is 0 Å². The maximum atomic E-state index is 8.70. The molecule has 0 rings (SSSR count). The van der Waals surface area contributed by atoms with E-state index in [-0.39, 0.29) is 19.4 Å². The fourth-order valence-corrected chi connectivity index (χ4v) is 1.50. The van der Waals surface area contributed by atoms with Crippen molar-refractivity contribution in [1.82, 2.24) is 0 Å². The van der Waals surface area contributed by atoms with Crippen LogP contribution in [-0.4, -0.2) is 11.7 Å². The molecule has 1 heteroatoms. The summed E-state index contributed by atoms with van der Waals surface area (Å²) >= 11 is 0. The highest BCUT2D eigenvalue weighted by Crippen LogP contribution is 2.10. The van der Waals surface area contributed by atoms with Gasteiger partial charge in [-0.3, -0.25) is 0 Å². The molecule has 0 aromatic rings. The summed E-state index contributed by atoms with van der Waals surface area (Å²) in [4.78, 5) is 0. The number of allylic oxidation sites excluding steroid dienone is 2. The molecule has 1 N–H and O–H groups in total. The van der Waals surface area contributed by atoms with Gasteiger partial charge in [0.1, 0.15) is 0 Å². The lowest BCUT2D eigenvalue weighted by Gasteiger charge is -2.00. The van der Waals surface area contributed by atoms with Crippen LogP contribution in [-0.2, 0) is 0 Å². The van der Waals surface area contributed by atoms with Crippen molar-refractivity contribution in [3.63, 3.8) is 0 Å². The summed E-state index contributed by atoms with van der Waals surface area (Å²) in [5, 5.41) is 8.70. The zero-order valence-corrected chi connectivity index (χ0v) is 11.3. The van der Waals surface area contributed by atoms with Gasteiger partial charge in [-0.25, -0.2) is 0 Å². The average Bonchev–Trinajstić information content (AvgIpc) is 2.45. The molecule has 0 atom stereocenters. The molecule has 0 saturated carbocycles. The molecule has 17 heavy (non-hydrogen) atoms. The number of hydrogen-bond donors (Lipinski definition) is 1. The Hall–Kier alpha value is -0.300. The molecule has 0 aromatic heterocycles. The van der Waals surface area contributed by atoms with Crippen molar-refractivity contribution in [2.45, 2.75) is 83.9 Å². The topological polar surface area (TPSA) is 20.2 Å². The summed E-state index contributed by atoms with van der Waals surface area (Å²) in [5.41, 5.74) is 0. The van der Waals surface area contributed by atoms with E-state index in [0.717, 1.165) is 38.5 Å². The predicted molar refractivity (Wildman–Crippen MR) is 77.3 cm³/mol. The third-order valence-electron chi connectivity index (χ3n) is 2.58. The Balaban J connectivity index is 4.23. The molecule has 0 aliphatic carbocycles. The highest BCUT2D eigenvalue weighted by atomic mass is 16.2. The van der Waals surface area contributed by atoms with E-state index in [1.165, 1.54) is 0 Å². The van der Waals surface area contributed by atoms with E-state index >= 15 is 0 Å². The molecule has 0 spiro atoms. The third-order valence-corrected chi connectivity index (χ3v) is 2.58. The Morgan fingerprint density at radius 1 is 0.941 bits per heavy atom. The van der Waals surface area contributed by atoms with Gasteiger partial charge in [0.05, 0.1) is 1.37 Å². The van der Waals surface area contributed by atoms with Crippen molar-refractivity contribution >= 4 is 0 Å². The number of unbranched alkanes of at least 4 members (excludes halogenated alkanes) is 5. The summed E-state index contributed by atoms with van der Waals surface area (Å²) in [6.07, 6.45) is 4.56. The molecule has 0 aliphatic heterocycles. The van der Waals surface area contributed by atoms with E-state index in [9.17, 15) is 0 Å². The summed E-state index contributed by atoms with van der Waals surface area (Å²) in [6, 6.07) is 0.413. The first-order valence-corrected chi connectivity index (χ1v) is 7.03. The van der Waals surface area contributed by atoms with Crippen LogP contribution in [0.5, 0.6) is 0 Å². The van der Waals surface area contributed by atoms with Gasteiger partial charge in [0.15, 0.2) is 0 Å². The molecule has 0 bridgehead atoms. The van der Waals surface area contributed by atoms with Gasteiger partial charge in [-0.1, -0.05) is 70.3 Å². The van der Waals surface area contributed by atoms with Crippen molar-refractivity contribution in [3.05, 3.63) is 12.1 Å². The fourth-order valence-electron chi connectivity index (χ4n) is 1.50. The van der Waals surface area contributed by atoms with Gasteiger partial charge in [0.2, 0.25) is 0 Å². The summed E-state index contributed by atoms with van der Waals surface area (Å²) in [6.45, 7) is 2.25. The largest absolute Gasteiger partial charge is 0.396 e. The molecular weight excluding hydrogens is 208 g/mol. The average molecular weight is 245 g/mol. The molecule has 0 saturated heterocycles. The molecule has 0 heterocycles. The van der Waals surface area contributed by atoms with Gasteiger partial charge in [-0.05, 0) is 25.7 Å². The van der Waals surface area contributed by atoms with Gasteiger partial charge >= 0.3 is 0 Å². The molecule has 0 amide bonds. The Morgan fingerprint density at radius 3 is 2.41 bits per heavy atom. The van der Waals surface area contributed by atoms with Gasteiger partial charge in [0, 0.05) is 12.1 Å². The van der Waals surface area contributed by atoms with E-state index in [1.54, 1.807) is 0 Å². The molecule has 1 nitrogen and oxygen atoms in total. The minimum atomic E-state index is -1.91. The lowest BCUT2D eigenvalue weighted by molar-refractivity contribution is 0.282. The predicted octanol–water partition coefficient (Wildman–Crippen LogP) is 5.24. The van der Waals surface area contributed by atoms with Crippen molar-refractivity contribution in [1.29, 1.82) is 0 Å². The van der Waals surface area contributed by atoms with E-state index in [2.05, 4.69) is 6.92 Å². The van der Waals surface area contributed by atoms with Crippen LogP contribution in [0.4, 0.5) is 0 Å². The lowest BCUT2D eigenvalue weighted by Crippen LogP contribution is -1.84. The highest BCUT2D eigenvalue weighted by molar-refractivity contribution is 4.81. The van der Waals surface area contributed by atoms with Gasteiger partial charge in [0.25, 0.3) is 0 Å². The smallest absolute Gasteiger partial charge is 0.0572 e. The Bertz CT molecular complexity index is 316. The Morgan fingerprint density at radius 2 is 1.65 bits per heavy atom. The van der Waals surface area contributed by atoms with Crippen LogP contribution >= 0.6 is 0 Å². The second-order valence-electron chi connectivity index (χ2n) is 4.29. The van der Waals surface area contributed by atoms with Crippen LogP contribution in [0.1, 0.15) is 90.7 Å². The van der Waals surface area contributed by atoms with E-state index < -0.39 is 12.7 Å². The minimum Gasteiger partial charge on any atom is -0.396 e. The fraction of sp³-hybridized carbons (Fsp3) is 0.875. The molecule has 0 aromatic carbocycles. The maximum Gasteiger partial charge on any atom is 0.0572 e. The standard InChI is InChI=1S/C16H32O/c1-2-3-4-5-6-7-8-9-10-11-12-13-14-15-16-17/h5-6,17H,2-4,7-16H2,1H3/b6-5+/i6D,9D2,10D2. The minimum absolute atomic E-state index is 0.0537. The van der Waals surface area contributed by atoms with Gasteiger partial charge in [-0.2, -0.15) is 0 Å². The zero-order chi connectivity index (χ0) is 17.1. The van der Waals surface area contributed by atoms with Crippen molar-refractivity contribution in [2.75, 3.05) is 6.61 Å². The monoisotopic (exact) mass is 245 g/mol. The number of aliphatic hydroxyl groups is 1. The Kier molecular flexibility index (Phi) is 8.87. The molecule has 102 valence electrons. The van der Waals surface area contributed by atoms with Gasteiger partial charge in [-0.15, -0.1) is 0 Å². The van der Waals surface area contributed by atoms with E-state index in [4.69, 9.17) is 12.0 Å². The summed E-state index contributed by atoms with van der Waals surface area (Å²) < 4.78 is 39.7. The lowest BCUT2D eigenvalue weighted by atomic mass is 10.1. The highest BCUT2D eigenvalue weighted by Gasteiger charge is 1.91. The van der Waals surface area contributed by atoms with Crippen LogP contribution in [0.15, 0.2) is 12.1 Å². The van der Waals surface area contributed by atoms with Crippen molar-refractivity contribution < 1.29 is 12.0 Å². The molecule has 0 aliphatic rings. The van der Waals surface area contributed by atoms with Crippen molar-refractivity contribution in [3.8, 4) is 0 Å². The number of hydrogen-bond acceptors (Lipinski definition) is 1. The second kappa shape index (κ2) is 15.7. The molecule has 0 fully saturated rings. The van der Waals surface area contributed by atoms with E-state index in [1.807, 2.05) is 6.08 Å². The van der Waals surface area contributed by atoms with Crippen molar-refractivity contribution in [2.24, 2.45) is 0 Å². The first kappa shape index (κ1) is 9.61. The quantitative estimate of drug-likeness (QED) is 0.348. The first-order chi connectivity index (χ1) is 10.3. The summed E-state index contributed by atoms with van der Waals surface area (Å²) in [5.74, 6) is 0. The number of rotatable bonds is 13. The summed E-state index contributed by atoms with van der Waals surface area (Å²) in [7, 11) is 0. The third kappa shape index (κ3) is 15.7. The molecular formula is C16H32O. The Labute approximate surface area is 115 Å². The molecule has 0 radical (unpaired) electrons. The van der Waals surface area contributed by atoms with E-state index in [0.29, 0.717) is 18.9 Å². The van der Waals surface area contributed by atoms with Crippen LogP contribution in [0.2, 0.25) is 0 Å². The van der Waals surface area contributed by atoms with Crippen LogP contribution in [0.25, 0.3) is 0 Å². The number of aliphatic hydroxyl groups excluding tert-OH is 1. The van der Waals surface area contributed by atoms with Crippen LogP contribution in [0.3, 0.4) is 0 Å². The second-order valence-corrected chi connectivity index (χ2v) is 4.29. The van der Waals surface area contributed by atoms with Crippen LogP contribution < -0.4 is 0 Å².